The highest BCUT2D eigenvalue weighted by atomic mass is 19.1. The van der Waals surface area contributed by atoms with E-state index in [1.807, 2.05) is 20.8 Å². The topological polar surface area (TPSA) is 26.3 Å². The number of carbonyl (C=O) groups is 1. The normalized spacial score (nSPS) is 13.5. The molecule has 0 fully saturated rings. The highest BCUT2D eigenvalue weighted by Gasteiger charge is 2.32. The Kier molecular flexibility index (Phi) is 4.04. The van der Waals surface area contributed by atoms with Gasteiger partial charge in [0.15, 0.2) is 5.78 Å². The molecule has 0 spiro atoms. The largest absolute Gasteiger partial charge is 0.373 e. The SMILES string of the molecule is COC(C(=O)c1ccc(C)c(F)c1)C(C)(C)C. The van der Waals surface area contributed by atoms with Crippen LogP contribution in [-0.2, 0) is 4.74 Å². The van der Waals surface area contributed by atoms with E-state index < -0.39 is 6.10 Å². The Hall–Kier alpha value is -1.22. The van der Waals surface area contributed by atoms with Gasteiger partial charge in [-0.3, -0.25) is 4.79 Å². The average Bonchev–Trinajstić information content (AvgIpc) is 2.20. The van der Waals surface area contributed by atoms with Gasteiger partial charge in [0, 0.05) is 12.7 Å². The average molecular weight is 238 g/mol. The number of aryl methyl sites for hydroxylation is 1. The van der Waals surface area contributed by atoms with Crippen molar-refractivity contribution in [3.8, 4) is 0 Å². The number of halogens is 1. The zero-order valence-electron chi connectivity index (χ0n) is 11.0. The van der Waals surface area contributed by atoms with Gasteiger partial charge < -0.3 is 4.74 Å². The molecule has 0 bridgehead atoms. The quantitative estimate of drug-likeness (QED) is 0.755. The highest BCUT2D eigenvalue weighted by molar-refractivity contribution is 6.00. The Morgan fingerprint density at radius 3 is 2.35 bits per heavy atom. The lowest BCUT2D eigenvalue weighted by molar-refractivity contribution is 0.0195. The summed E-state index contributed by atoms with van der Waals surface area (Å²) in [5.74, 6) is -0.543. The molecule has 94 valence electrons. The second-order valence-corrected chi connectivity index (χ2v) is 5.31. The summed E-state index contributed by atoms with van der Waals surface area (Å²) in [7, 11) is 1.50. The summed E-state index contributed by atoms with van der Waals surface area (Å²) in [5, 5.41) is 0. The Bertz CT molecular complexity index is 419. The molecule has 0 heterocycles. The number of hydrogen-bond donors (Lipinski definition) is 0. The van der Waals surface area contributed by atoms with Crippen LogP contribution in [0.25, 0.3) is 0 Å². The zero-order valence-corrected chi connectivity index (χ0v) is 11.0. The second-order valence-electron chi connectivity index (χ2n) is 5.31. The van der Waals surface area contributed by atoms with E-state index in [4.69, 9.17) is 4.74 Å². The van der Waals surface area contributed by atoms with E-state index in [0.717, 1.165) is 0 Å². The fourth-order valence-electron chi connectivity index (χ4n) is 1.75. The summed E-state index contributed by atoms with van der Waals surface area (Å²) in [4.78, 5) is 12.2. The van der Waals surface area contributed by atoms with Gasteiger partial charge in [-0.1, -0.05) is 32.9 Å². The number of ketones is 1. The molecule has 0 amide bonds. The van der Waals surface area contributed by atoms with Crippen LogP contribution in [0.1, 0.15) is 36.7 Å². The summed E-state index contributed by atoms with van der Waals surface area (Å²) in [6.07, 6.45) is -0.565. The Balaban J connectivity index is 3.07. The molecule has 1 atom stereocenters. The summed E-state index contributed by atoms with van der Waals surface area (Å²) < 4.78 is 18.6. The van der Waals surface area contributed by atoms with Crippen LogP contribution in [0.5, 0.6) is 0 Å². The third-order valence-corrected chi connectivity index (χ3v) is 2.72. The molecule has 2 nitrogen and oxygen atoms in total. The molecular weight excluding hydrogens is 219 g/mol. The molecule has 0 aliphatic carbocycles. The lowest BCUT2D eigenvalue weighted by Crippen LogP contribution is -2.36. The van der Waals surface area contributed by atoms with Crippen LogP contribution in [0.15, 0.2) is 18.2 Å². The third-order valence-electron chi connectivity index (χ3n) is 2.72. The molecule has 1 rings (SSSR count). The van der Waals surface area contributed by atoms with Crippen molar-refractivity contribution in [2.75, 3.05) is 7.11 Å². The maximum Gasteiger partial charge on any atom is 0.192 e. The molecule has 0 saturated carbocycles. The molecule has 0 saturated heterocycles. The van der Waals surface area contributed by atoms with Gasteiger partial charge in [-0.15, -0.1) is 0 Å². The Morgan fingerprint density at radius 1 is 1.35 bits per heavy atom. The second kappa shape index (κ2) is 4.96. The van der Waals surface area contributed by atoms with Crippen LogP contribution in [0.4, 0.5) is 4.39 Å². The summed E-state index contributed by atoms with van der Waals surface area (Å²) in [6, 6.07) is 4.52. The summed E-state index contributed by atoms with van der Waals surface area (Å²) in [5.41, 5.74) is 0.578. The number of benzene rings is 1. The van der Waals surface area contributed by atoms with E-state index in [0.29, 0.717) is 11.1 Å². The minimum atomic E-state index is -0.565. The molecule has 0 aliphatic heterocycles. The molecule has 17 heavy (non-hydrogen) atoms. The molecule has 0 aromatic heterocycles. The van der Waals surface area contributed by atoms with E-state index >= 15 is 0 Å². The minimum absolute atomic E-state index is 0.182. The standard InChI is InChI=1S/C14H19FO2/c1-9-6-7-10(8-11(9)15)12(16)13(17-5)14(2,3)4/h6-8,13H,1-5H3. The number of carbonyl (C=O) groups excluding carboxylic acids is 1. The van der Waals surface area contributed by atoms with Gasteiger partial charge in [0.25, 0.3) is 0 Å². The molecule has 0 N–H and O–H groups in total. The van der Waals surface area contributed by atoms with E-state index in [9.17, 15) is 9.18 Å². The van der Waals surface area contributed by atoms with E-state index in [1.165, 1.54) is 13.2 Å². The van der Waals surface area contributed by atoms with Crippen molar-refractivity contribution in [3.05, 3.63) is 35.1 Å². The van der Waals surface area contributed by atoms with Crippen LogP contribution in [0.2, 0.25) is 0 Å². The number of rotatable bonds is 3. The van der Waals surface area contributed by atoms with Gasteiger partial charge in [0.05, 0.1) is 0 Å². The first kappa shape index (κ1) is 13.8. The van der Waals surface area contributed by atoms with Gasteiger partial charge in [-0.2, -0.15) is 0 Å². The van der Waals surface area contributed by atoms with Gasteiger partial charge in [-0.05, 0) is 24.0 Å². The first-order chi connectivity index (χ1) is 7.77. The molecular formula is C14H19FO2. The van der Waals surface area contributed by atoms with Gasteiger partial charge in [-0.25, -0.2) is 4.39 Å². The molecule has 1 unspecified atom stereocenters. The van der Waals surface area contributed by atoms with Gasteiger partial charge in [0.1, 0.15) is 11.9 Å². The monoisotopic (exact) mass is 238 g/mol. The third kappa shape index (κ3) is 3.13. The van der Waals surface area contributed by atoms with Crippen LogP contribution in [0, 0.1) is 18.2 Å². The highest BCUT2D eigenvalue weighted by Crippen LogP contribution is 2.25. The fraction of sp³-hybridized carbons (Fsp3) is 0.500. The van der Waals surface area contributed by atoms with Crippen molar-refractivity contribution in [2.45, 2.75) is 33.8 Å². The van der Waals surface area contributed by atoms with Crippen LogP contribution >= 0.6 is 0 Å². The number of hydrogen-bond acceptors (Lipinski definition) is 2. The Morgan fingerprint density at radius 2 is 1.94 bits per heavy atom. The lowest BCUT2D eigenvalue weighted by atomic mass is 9.84. The molecule has 1 aromatic rings. The minimum Gasteiger partial charge on any atom is -0.373 e. The van der Waals surface area contributed by atoms with Crippen molar-refractivity contribution < 1.29 is 13.9 Å². The fourth-order valence-corrected chi connectivity index (χ4v) is 1.75. The maximum absolute atomic E-state index is 13.4. The summed E-state index contributed by atoms with van der Waals surface area (Å²) in [6.45, 7) is 7.43. The van der Waals surface area contributed by atoms with Gasteiger partial charge in [0.2, 0.25) is 0 Å². The van der Waals surface area contributed by atoms with E-state index in [1.54, 1.807) is 19.1 Å². The van der Waals surface area contributed by atoms with E-state index in [2.05, 4.69) is 0 Å². The predicted octanol–water partition coefficient (Wildman–Crippen LogP) is 3.38. The van der Waals surface area contributed by atoms with Crippen molar-refractivity contribution in [1.29, 1.82) is 0 Å². The van der Waals surface area contributed by atoms with Crippen molar-refractivity contribution in [2.24, 2.45) is 5.41 Å². The first-order valence-electron chi connectivity index (χ1n) is 5.60. The molecule has 0 radical (unpaired) electrons. The van der Waals surface area contributed by atoms with Crippen LogP contribution < -0.4 is 0 Å². The van der Waals surface area contributed by atoms with E-state index in [-0.39, 0.29) is 17.0 Å². The maximum atomic E-state index is 13.4. The molecule has 1 aromatic carbocycles. The van der Waals surface area contributed by atoms with Crippen molar-refractivity contribution in [3.63, 3.8) is 0 Å². The number of methoxy groups -OCH3 is 1. The smallest absolute Gasteiger partial charge is 0.192 e. The van der Waals surface area contributed by atoms with Gasteiger partial charge >= 0.3 is 0 Å². The van der Waals surface area contributed by atoms with Crippen LogP contribution in [0.3, 0.4) is 0 Å². The lowest BCUT2D eigenvalue weighted by Gasteiger charge is -2.28. The zero-order chi connectivity index (χ0) is 13.2. The van der Waals surface area contributed by atoms with Crippen LogP contribution in [-0.4, -0.2) is 19.0 Å². The number of ether oxygens (including phenoxy) is 1. The Labute approximate surface area is 102 Å². The molecule has 0 aliphatic rings. The number of Topliss-reactive ketones (excluding diaryl/α,β-unsaturated/α-hetero) is 1. The van der Waals surface area contributed by atoms with Crippen molar-refractivity contribution in [1.82, 2.24) is 0 Å². The summed E-state index contributed by atoms with van der Waals surface area (Å²) >= 11 is 0. The first-order valence-corrected chi connectivity index (χ1v) is 5.60. The predicted molar refractivity (Wildman–Crippen MR) is 65.7 cm³/mol. The van der Waals surface area contributed by atoms with Crippen molar-refractivity contribution >= 4 is 5.78 Å². The molecule has 3 heteroatoms.